The number of hydrogen-bond donors (Lipinski definition) is 0. The number of hydrogen-bond acceptors (Lipinski definition) is 4. The maximum atomic E-state index is 13.4. The van der Waals surface area contributed by atoms with Crippen LogP contribution in [0.3, 0.4) is 0 Å². The molecule has 0 aliphatic carbocycles. The van der Waals surface area contributed by atoms with Gasteiger partial charge in [-0.25, -0.2) is 17.2 Å². The molecular weight excluding hydrogens is 426 g/mol. The lowest BCUT2D eigenvalue weighted by Crippen LogP contribution is -2.53. The first-order chi connectivity index (χ1) is 13.7. The van der Waals surface area contributed by atoms with Crippen LogP contribution in [0.15, 0.2) is 47.4 Å². The van der Waals surface area contributed by atoms with E-state index in [4.69, 9.17) is 16.3 Å². The molecule has 0 aromatic heterocycles. The molecule has 3 rings (SSSR count). The zero-order valence-electron chi connectivity index (χ0n) is 15.5. The summed E-state index contributed by atoms with van der Waals surface area (Å²) in [6.45, 7) is 2.00. The van der Waals surface area contributed by atoms with Crippen LogP contribution in [0.5, 0.6) is 5.75 Å². The van der Waals surface area contributed by atoms with Gasteiger partial charge in [0.25, 0.3) is 5.91 Å². The van der Waals surface area contributed by atoms with Crippen LogP contribution in [0.25, 0.3) is 0 Å². The highest BCUT2D eigenvalue weighted by atomic mass is 35.5. The van der Waals surface area contributed by atoms with Crippen molar-refractivity contribution in [2.24, 2.45) is 0 Å². The van der Waals surface area contributed by atoms with Crippen molar-refractivity contribution in [3.8, 4) is 5.75 Å². The van der Waals surface area contributed by atoms with Crippen LogP contribution in [0.4, 0.5) is 8.78 Å². The zero-order chi connectivity index (χ0) is 21.2. The Bertz CT molecular complexity index is 1010. The van der Waals surface area contributed by atoms with Gasteiger partial charge in [0, 0.05) is 31.2 Å². The van der Waals surface area contributed by atoms with Crippen LogP contribution < -0.4 is 4.74 Å². The minimum Gasteiger partial charge on any atom is -0.481 e. The van der Waals surface area contributed by atoms with Gasteiger partial charge in [-0.2, -0.15) is 4.31 Å². The van der Waals surface area contributed by atoms with E-state index >= 15 is 0 Å². The minimum absolute atomic E-state index is 0.0386. The van der Waals surface area contributed by atoms with E-state index in [1.54, 1.807) is 31.2 Å². The third-order valence-electron chi connectivity index (χ3n) is 4.54. The summed E-state index contributed by atoms with van der Waals surface area (Å²) in [4.78, 5) is 13.8. The number of piperazine rings is 1. The van der Waals surface area contributed by atoms with Gasteiger partial charge in [-0.3, -0.25) is 4.79 Å². The molecule has 1 aliphatic rings. The smallest absolute Gasteiger partial charge is 0.263 e. The van der Waals surface area contributed by atoms with E-state index in [1.807, 2.05) is 0 Å². The second-order valence-electron chi connectivity index (χ2n) is 6.52. The minimum atomic E-state index is -3.98. The molecule has 0 saturated carbocycles. The summed E-state index contributed by atoms with van der Waals surface area (Å²) in [5.74, 6) is -2.17. The molecule has 0 radical (unpaired) electrons. The van der Waals surface area contributed by atoms with Crippen molar-refractivity contribution in [3.05, 3.63) is 59.1 Å². The van der Waals surface area contributed by atoms with Gasteiger partial charge in [-0.15, -0.1) is 0 Å². The molecule has 0 bridgehead atoms. The molecule has 6 nitrogen and oxygen atoms in total. The Morgan fingerprint density at radius 2 is 1.76 bits per heavy atom. The second kappa shape index (κ2) is 8.64. The molecule has 1 saturated heterocycles. The number of benzene rings is 2. The predicted molar refractivity (Wildman–Crippen MR) is 103 cm³/mol. The molecule has 2 aromatic rings. The Morgan fingerprint density at radius 3 is 2.38 bits per heavy atom. The van der Waals surface area contributed by atoms with E-state index in [9.17, 15) is 22.0 Å². The Kier molecular flexibility index (Phi) is 6.40. The molecule has 1 fully saturated rings. The number of carbonyl (C=O) groups is 1. The lowest BCUT2D eigenvalue weighted by atomic mass is 10.2. The van der Waals surface area contributed by atoms with Gasteiger partial charge in [0.2, 0.25) is 10.0 Å². The van der Waals surface area contributed by atoms with E-state index in [-0.39, 0.29) is 37.0 Å². The molecule has 29 heavy (non-hydrogen) atoms. The van der Waals surface area contributed by atoms with Gasteiger partial charge in [0.1, 0.15) is 5.75 Å². The zero-order valence-corrected chi connectivity index (χ0v) is 17.1. The van der Waals surface area contributed by atoms with Gasteiger partial charge in [0.15, 0.2) is 17.7 Å². The summed E-state index contributed by atoms with van der Waals surface area (Å²) >= 11 is 5.90. The molecular formula is C19H19ClF2N2O4S. The highest BCUT2D eigenvalue weighted by Crippen LogP contribution is 2.21. The summed E-state index contributed by atoms with van der Waals surface area (Å²) in [6.07, 6.45) is -0.775. The van der Waals surface area contributed by atoms with Gasteiger partial charge in [-0.05, 0) is 43.3 Å². The molecule has 0 N–H and O–H groups in total. The number of ether oxygens (including phenoxy) is 1. The topological polar surface area (TPSA) is 66.9 Å². The van der Waals surface area contributed by atoms with Crippen LogP contribution in [0.1, 0.15) is 6.92 Å². The van der Waals surface area contributed by atoms with Crippen LogP contribution >= 0.6 is 11.6 Å². The largest absolute Gasteiger partial charge is 0.481 e. The van der Waals surface area contributed by atoms with E-state index in [1.165, 1.54) is 4.90 Å². The van der Waals surface area contributed by atoms with Crippen LogP contribution in [-0.4, -0.2) is 55.8 Å². The van der Waals surface area contributed by atoms with E-state index < -0.39 is 27.8 Å². The lowest BCUT2D eigenvalue weighted by molar-refractivity contribution is -0.139. The van der Waals surface area contributed by atoms with Crippen molar-refractivity contribution in [2.75, 3.05) is 26.2 Å². The Hall–Kier alpha value is -2.23. The van der Waals surface area contributed by atoms with Crippen molar-refractivity contribution in [3.63, 3.8) is 0 Å². The van der Waals surface area contributed by atoms with Gasteiger partial charge < -0.3 is 9.64 Å². The SMILES string of the molecule is CC(Oc1cccc(Cl)c1)C(=O)N1CCN(S(=O)(=O)c2ccc(F)c(F)c2)CC1. The molecule has 1 amide bonds. The normalized spacial score (nSPS) is 16.5. The molecule has 1 aliphatic heterocycles. The van der Waals surface area contributed by atoms with E-state index in [0.717, 1.165) is 16.4 Å². The number of carbonyl (C=O) groups excluding carboxylic acids is 1. The summed E-state index contributed by atoms with van der Waals surface area (Å²) in [7, 11) is -3.98. The molecule has 1 unspecified atom stereocenters. The third-order valence-corrected chi connectivity index (χ3v) is 6.67. The highest BCUT2D eigenvalue weighted by Gasteiger charge is 2.32. The molecule has 1 atom stereocenters. The Morgan fingerprint density at radius 1 is 1.07 bits per heavy atom. The molecule has 0 spiro atoms. The molecule has 2 aromatic carbocycles. The fraction of sp³-hybridized carbons (Fsp3) is 0.316. The van der Waals surface area contributed by atoms with Crippen LogP contribution in [0, 0.1) is 11.6 Å². The highest BCUT2D eigenvalue weighted by molar-refractivity contribution is 7.89. The van der Waals surface area contributed by atoms with E-state index in [2.05, 4.69) is 0 Å². The van der Waals surface area contributed by atoms with Crippen molar-refractivity contribution in [2.45, 2.75) is 17.9 Å². The van der Waals surface area contributed by atoms with Gasteiger partial charge in [0.05, 0.1) is 4.90 Å². The number of rotatable bonds is 5. The number of sulfonamides is 1. The second-order valence-corrected chi connectivity index (χ2v) is 8.90. The number of halogens is 3. The average Bonchev–Trinajstić information content (AvgIpc) is 2.69. The summed E-state index contributed by atoms with van der Waals surface area (Å²) < 4.78 is 58.5. The monoisotopic (exact) mass is 444 g/mol. The number of nitrogens with zero attached hydrogens (tertiary/aromatic N) is 2. The quantitative estimate of drug-likeness (QED) is 0.711. The molecule has 1 heterocycles. The predicted octanol–water partition coefficient (Wildman–Crippen LogP) is 2.92. The fourth-order valence-electron chi connectivity index (χ4n) is 2.99. The first kappa shape index (κ1) is 21.5. The first-order valence-electron chi connectivity index (χ1n) is 8.84. The van der Waals surface area contributed by atoms with Crippen molar-refractivity contribution < 1.29 is 26.7 Å². The van der Waals surface area contributed by atoms with Crippen molar-refractivity contribution >= 4 is 27.5 Å². The fourth-order valence-corrected chi connectivity index (χ4v) is 4.60. The summed E-state index contributed by atoms with van der Waals surface area (Å²) in [6, 6.07) is 9.12. The summed E-state index contributed by atoms with van der Waals surface area (Å²) in [5, 5.41) is 0.484. The number of amides is 1. The van der Waals surface area contributed by atoms with Gasteiger partial charge in [-0.1, -0.05) is 17.7 Å². The molecule has 10 heteroatoms. The van der Waals surface area contributed by atoms with Crippen molar-refractivity contribution in [1.82, 2.24) is 9.21 Å². The van der Waals surface area contributed by atoms with Crippen LogP contribution in [0.2, 0.25) is 5.02 Å². The first-order valence-corrected chi connectivity index (χ1v) is 10.7. The maximum absolute atomic E-state index is 13.4. The maximum Gasteiger partial charge on any atom is 0.263 e. The standard InChI is InChI=1S/C19H19ClF2N2O4S/c1-13(28-15-4-2-3-14(20)11-15)19(25)23-7-9-24(10-8-23)29(26,27)16-5-6-17(21)18(22)12-16/h2-6,11-13H,7-10H2,1H3. The van der Waals surface area contributed by atoms with Gasteiger partial charge >= 0.3 is 0 Å². The summed E-state index contributed by atoms with van der Waals surface area (Å²) in [5.41, 5.74) is 0. The average molecular weight is 445 g/mol. The Labute approximate surface area is 172 Å². The Balaban J connectivity index is 1.62. The molecule has 156 valence electrons. The van der Waals surface area contributed by atoms with Crippen molar-refractivity contribution in [1.29, 1.82) is 0 Å². The van der Waals surface area contributed by atoms with Crippen LogP contribution in [-0.2, 0) is 14.8 Å². The lowest BCUT2D eigenvalue weighted by Gasteiger charge is -2.35. The third kappa shape index (κ3) is 4.85. The van der Waals surface area contributed by atoms with E-state index in [0.29, 0.717) is 16.8 Å².